The molecule has 1 atom stereocenters. The van der Waals surface area contributed by atoms with Crippen LogP contribution in [-0.2, 0) is 9.53 Å². The van der Waals surface area contributed by atoms with Gasteiger partial charge in [0, 0.05) is 30.3 Å². The van der Waals surface area contributed by atoms with Crippen molar-refractivity contribution in [2.45, 2.75) is 33.7 Å². The second-order valence-electron chi connectivity index (χ2n) is 11.0. The molecule has 0 spiro atoms. The molecule has 6 rings (SSSR count). The Morgan fingerprint density at radius 3 is 2.45 bits per heavy atom. The normalized spacial score (nSPS) is 14.6. The molecule has 0 saturated carbocycles. The quantitative estimate of drug-likeness (QED) is 0.190. The molecule has 9 nitrogen and oxygen atoms in total. The van der Waals surface area contributed by atoms with E-state index in [-0.39, 0.29) is 17.4 Å². The van der Waals surface area contributed by atoms with Crippen LogP contribution in [0.3, 0.4) is 0 Å². The Morgan fingerprint density at radius 1 is 1.00 bits per heavy atom. The van der Waals surface area contributed by atoms with Crippen LogP contribution in [-0.4, -0.2) is 48.1 Å². The van der Waals surface area contributed by atoms with Crippen molar-refractivity contribution in [2.75, 3.05) is 26.8 Å². The molecule has 0 fully saturated rings. The molecule has 0 unspecified atom stereocenters. The lowest BCUT2D eigenvalue weighted by Crippen LogP contribution is -2.43. The molecule has 0 radical (unpaired) electrons. The number of benzene rings is 3. The van der Waals surface area contributed by atoms with Crippen LogP contribution >= 0.6 is 11.3 Å². The van der Waals surface area contributed by atoms with Crippen LogP contribution in [0.25, 0.3) is 28.2 Å². The first-order valence-electron chi connectivity index (χ1n) is 15.5. The number of hydrogen-bond donors (Lipinski definition) is 0. The molecule has 10 heteroatoms. The van der Waals surface area contributed by atoms with E-state index in [1.54, 1.807) is 59.9 Å². The minimum absolute atomic E-state index is 0.171. The number of carbonyl (C=O) groups is 2. The van der Waals surface area contributed by atoms with Crippen LogP contribution in [0.1, 0.15) is 55.4 Å². The first kappa shape index (κ1) is 31.7. The summed E-state index contributed by atoms with van der Waals surface area (Å²) >= 11 is 1.24. The lowest BCUT2D eigenvalue weighted by molar-refractivity contribution is -0.127. The van der Waals surface area contributed by atoms with Crippen LogP contribution in [0.5, 0.6) is 5.75 Å². The maximum atomic E-state index is 14.4. The summed E-state index contributed by atoms with van der Waals surface area (Å²) in [5.74, 6) is 1.09. The fourth-order valence-corrected chi connectivity index (χ4v) is 7.01. The number of allylic oxidation sites excluding steroid dienone is 1. The average molecular weight is 650 g/mol. The maximum absolute atomic E-state index is 14.4. The fraction of sp³-hybridized carbons (Fsp3) is 0.243. The monoisotopic (exact) mass is 649 g/mol. The fourth-order valence-electron chi connectivity index (χ4n) is 5.98. The van der Waals surface area contributed by atoms with Crippen LogP contribution < -0.4 is 19.6 Å². The Bertz CT molecular complexity index is 2200. The highest BCUT2D eigenvalue weighted by atomic mass is 32.1. The molecule has 5 aromatic rings. The Balaban J connectivity index is 1.49. The van der Waals surface area contributed by atoms with E-state index in [1.165, 1.54) is 11.3 Å². The summed E-state index contributed by atoms with van der Waals surface area (Å²) in [7, 11) is 1.60. The van der Waals surface area contributed by atoms with Crippen LogP contribution in [0.4, 0.5) is 0 Å². The van der Waals surface area contributed by atoms with Gasteiger partial charge >= 0.3 is 5.97 Å². The molecular weight excluding hydrogens is 614 g/mol. The van der Waals surface area contributed by atoms with Gasteiger partial charge in [0.1, 0.15) is 23.3 Å². The molecule has 3 aromatic carbocycles. The molecule has 0 bridgehead atoms. The van der Waals surface area contributed by atoms with E-state index >= 15 is 0 Å². The van der Waals surface area contributed by atoms with Crippen molar-refractivity contribution < 1.29 is 23.5 Å². The third-order valence-electron chi connectivity index (χ3n) is 8.31. The van der Waals surface area contributed by atoms with Gasteiger partial charge in [-0.1, -0.05) is 53.8 Å². The van der Waals surface area contributed by atoms with Crippen molar-refractivity contribution in [1.82, 2.24) is 9.47 Å². The largest absolute Gasteiger partial charge is 0.496 e. The van der Waals surface area contributed by atoms with Gasteiger partial charge in [-0.25, -0.2) is 9.79 Å². The third kappa shape index (κ3) is 5.81. The van der Waals surface area contributed by atoms with Gasteiger partial charge in [0.25, 0.3) is 11.5 Å². The average Bonchev–Trinajstić information content (AvgIpc) is 3.68. The summed E-state index contributed by atoms with van der Waals surface area (Å²) in [5, 5.41) is 1.85. The maximum Gasteiger partial charge on any atom is 0.338 e. The summed E-state index contributed by atoms with van der Waals surface area (Å²) in [4.78, 5) is 47.6. The lowest BCUT2D eigenvalue weighted by Gasteiger charge is -2.30. The molecule has 240 valence electrons. The summed E-state index contributed by atoms with van der Waals surface area (Å²) in [6, 6.07) is 21.5. The Hall–Kier alpha value is -5.22. The summed E-state index contributed by atoms with van der Waals surface area (Å²) in [5.41, 5.74) is 2.67. The molecule has 0 saturated heterocycles. The lowest BCUT2D eigenvalue weighted by atomic mass is 9.90. The number of hydrogen-bond acceptors (Lipinski definition) is 8. The topological polar surface area (TPSA) is 103 Å². The molecule has 47 heavy (non-hydrogen) atoms. The second kappa shape index (κ2) is 13.3. The minimum Gasteiger partial charge on any atom is -0.496 e. The van der Waals surface area contributed by atoms with Crippen LogP contribution in [0, 0.1) is 0 Å². The van der Waals surface area contributed by atoms with E-state index in [4.69, 9.17) is 18.9 Å². The van der Waals surface area contributed by atoms with Gasteiger partial charge in [-0.05, 0) is 68.8 Å². The number of amides is 1. The summed E-state index contributed by atoms with van der Waals surface area (Å²) in [6.45, 7) is 8.80. The highest BCUT2D eigenvalue weighted by Crippen LogP contribution is 2.40. The first-order chi connectivity index (χ1) is 22.8. The first-order valence-corrected chi connectivity index (χ1v) is 16.4. The van der Waals surface area contributed by atoms with Gasteiger partial charge in [0.05, 0.1) is 35.1 Å². The Morgan fingerprint density at radius 2 is 1.74 bits per heavy atom. The molecule has 1 amide bonds. The summed E-state index contributed by atoms with van der Waals surface area (Å²) < 4.78 is 19.1. The number of likely N-dealkylation sites (N-methyl/N-ethyl adjacent to an activating group) is 1. The smallest absolute Gasteiger partial charge is 0.338 e. The number of nitrogens with zero attached hydrogens (tertiary/aromatic N) is 3. The Kier molecular flexibility index (Phi) is 8.95. The highest BCUT2D eigenvalue weighted by molar-refractivity contribution is 7.07. The number of esters is 1. The van der Waals surface area contributed by atoms with Crippen molar-refractivity contribution >= 4 is 40.1 Å². The number of thiazole rings is 1. The molecule has 1 aliphatic heterocycles. The van der Waals surface area contributed by atoms with Gasteiger partial charge in [-0.15, -0.1) is 0 Å². The zero-order valence-corrected chi connectivity index (χ0v) is 27.7. The zero-order valence-electron chi connectivity index (χ0n) is 26.9. The molecule has 1 aliphatic rings. The van der Waals surface area contributed by atoms with Gasteiger partial charge < -0.3 is 18.8 Å². The minimum atomic E-state index is -0.771. The molecular formula is C37H35N3O6S. The Labute approximate surface area is 275 Å². The number of fused-ring (bicyclic) bond motifs is 2. The van der Waals surface area contributed by atoms with Crippen molar-refractivity contribution in [3.8, 4) is 17.1 Å². The van der Waals surface area contributed by atoms with Gasteiger partial charge in [-0.2, -0.15) is 0 Å². The number of aromatic nitrogens is 1. The number of ether oxygens (including phenoxy) is 2. The number of furan rings is 1. The van der Waals surface area contributed by atoms with Crippen molar-refractivity contribution in [2.24, 2.45) is 4.99 Å². The molecule has 3 heterocycles. The van der Waals surface area contributed by atoms with E-state index in [0.717, 1.165) is 21.9 Å². The molecule has 2 aromatic heterocycles. The van der Waals surface area contributed by atoms with Gasteiger partial charge in [0.2, 0.25) is 0 Å². The van der Waals surface area contributed by atoms with E-state index in [1.807, 2.05) is 63.2 Å². The van der Waals surface area contributed by atoms with Crippen molar-refractivity contribution in [1.29, 1.82) is 0 Å². The number of rotatable bonds is 9. The highest BCUT2D eigenvalue weighted by Gasteiger charge is 2.36. The number of methoxy groups -OCH3 is 1. The zero-order chi connectivity index (χ0) is 33.2. The van der Waals surface area contributed by atoms with Crippen molar-refractivity contribution in [3.63, 3.8) is 0 Å². The predicted molar refractivity (Wildman–Crippen MR) is 182 cm³/mol. The summed E-state index contributed by atoms with van der Waals surface area (Å²) in [6.07, 6.45) is 1.70. The van der Waals surface area contributed by atoms with Crippen LogP contribution in [0.15, 0.2) is 98.3 Å². The molecule has 0 aliphatic carbocycles. The van der Waals surface area contributed by atoms with E-state index in [2.05, 4.69) is 0 Å². The third-order valence-corrected chi connectivity index (χ3v) is 9.29. The van der Waals surface area contributed by atoms with Gasteiger partial charge in [-0.3, -0.25) is 14.2 Å². The standard InChI is InChI=1S/C37H35N3O6S/c1-6-39(7-2)35(42)31-22(4)38-37-40(33(31)32-27-12-10-9-11-23(27)17-19-29(32)44-5)34(41)30(47-37)21-26-18-20-28(46-26)24-13-15-25(16-14-24)36(43)45-8-3/h9-21,33H,6-8H2,1-5H3/b30-21+/t33-/m1/s1. The van der Waals surface area contributed by atoms with E-state index in [0.29, 0.717) is 63.1 Å². The molecule has 0 N–H and O–H groups in total. The van der Waals surface area contributed by atoms with Crippen LogP contribution in [0.2, 0.25) is 0 Å². The van der Waals surface area contributed by atoms with E-state index in [9.17, 15) is 14.4 Å². The van der Waals surface area contributed by atoms with E-state index < -0.39 is 6.04 Å². The SMILES string of the molecule is CCOC(=O)c1ccc(-c2ccc(/C=c3/sc4n(c3=O)[C@@H](c3c(OC)ccc5ccccc35)C(C(=O)N(CC)CC)=C(C)N=4)o2)cc1. The second-order valence-corrected chi connectivity index (χ2v) is 12.0. The van der Waals surface area contributed by atoms with Gasteiger partial charge in [0.15, 0.2) is 4.80 Å². The number of carbonyl (C=O) groups excluding carboxylic acids is 2. The predicted octanol–water partition coefficient (Wildman–Crippen LogP) is 5.70. The van der Waals surface area contributed by atoms with Crippen molar-refractivity contribution in [3.05, 3.63) is 121 Å².